The Hall–Kier alpha value is -2.89. The van der Waals surface area contributed by atoms with Gasteiger partial charge in [-0.25, -0.2) is 9.50 Å². The van der Waals surface area contributed by atoms with Crippen LogP contribution in [-0.2, 0) is 0 Å². The van der Waals surface area contributed by atoms with E-state index < -0.39 is 0 Å². The van der Waals surface area contributed by atoms with E-state index in [4.69, 9.17) is 21.7 Å². The zero-order valence-corrected chi connectivity index (χ0v) is 18.3. The second kappa shape index (κ2) is 8.33. The zero-order valence-electron chi connectivity index (χ0n) is 17.5. The molecular formula is C25H25ClN4O. The van der Waals surface area contributed by atoms with Crippen molar-refractivity contribution in [3.63, 3.8) is 0 Å². The topological polar surface area (TPSA) is 53.7 Å². The van der Waals surface area contributed by atoms with Crippen molar-refractivity contribution >= 4 is 23.1 Å². The van der Waals surface area contributed by atoms with Gasteiger partial charge in [-0.3, -0.25) is 0 Å². The van der Waals surface area contributed by atoms with Gasteiger partial charge < -0.3 is 10.0 Å². The summed E-state index contributed by atoms with van der Waals surface area (Å²) in [7, 11) is 0. The fourth-order valence-corrected chi connectivity index (χ4v) is 4.74. The number of aryl methyl sites for hydroxylation is 1. The molecule has 0 amide bonds. The quantitative estimate of drug-likeness (QED) is 0.460. The number of fused-ring (bicyclic) bond motifs is 1. The van der Waals surface area contributed by atoms with Crippen LogP contribution in [0.5, 0.6) is 0 Å². The Bertz CT molecular complexity index is 1200. The van der Waals surface area contributed by atoms with Crippen LogP contribution in [0, 0.1) is 6.92 Å². The van der Waals surface area contributed by atoms with Gasteiger partial charge >= 0.3 is 0 Å². The fraction of sp³-hybridized carbons (Fsp3) is 0.280. The number of hydrogen-bond acceptors (Lipinski definition) is 4. The molecule has 2 aromatic carbocycles. The van der Waals surface area contributed by atoms with E-state index in [0.29, 0.717) is 11.1 Å². The van der Waals surface area contributed by atoms with Gasteiger partial charge in [0.1, 0.15) is 5.82 Å². The highest BCUT2D eigenvalue weighted by atomic mass is 35.5. The first-order valence-corrected chi connectivity index (χ1v) is 11.1. The summed E-state index contributed by atoms with van der Waals surface area (Å²) in [6.45, 7) is 3.17. The zero-order chi connectivity index (χ0) is 21.4. The lowest BCUT2D eigenvalue weighted by Gasteiger charge is -2.26. The fourth-order valence-electron chi connectivity index (χ4n) is 4.61. The lowest BCUT2D eigenvalue weighted by molar-refractivity contribution is 0.275. The van der Waals surface area contributed by atoms with Gasteiger partial charge in [-0.1, -0.05) is 54.1 Å². The second-order valence-electron chi connectivity index (χ2n) is 8.07. The summed E-state index contributed by atoms with van der Waals surface area (Å²) in [4.78, 5) is 7.45. The number of aliphatic hydroxyl groups excluding tert-OH is 1. The van der Waals surface area contributed by atoms with Crippen LogP contribution in [0.25, 0.3) is 28.0 Å². The molecule has 158 valence electrons. The van der Waals surface area contributed by atoms with Crippen LogP contribution in [-0.4, -0.2) is 38.9 Å². The van der Waals surface area contributed by atoms with Gasteiger partial charge in [0.15, 0.2) is 5.65 Å². The Balaban J connectivity index is 1.75. The van der Waals surface area contributed by atoms with Crippen LogP contribution >= 0.6 is 11.6 Å². The van der Waals surface area contributed by atoms with Crippen molar-refractivity contribution in [1.82, 2.24) is 14.6 Å². The van der Waals surface area contributed by atoms with E-state index in [1.54, 1.807) is 0 Å². The summed E-state index contributed by atoms with van der Waals surface area (Å²) in [6.07, 6.45) is 2.95. The Kier molecular flexibility index (Phi) is 5.38. The van der Waals surface area contributed by atoms with Gasteiger partial charge in [0.2, 0.25) is 0 Å². The number of aromatic nitrogens is 3. The maximum atomic E-state index is 9.54. The van der Waals surface area contributed by atoms with E-state index in [9.17, 15) is 5.11 Å². The third kappa shape index (κ3) is 3.68. The summed E-state index contributed by atoms with van der Waals surface area (Å²) in [5, 5.41) is 15.1. The molecule has 2 aromatic heterocycles. The van der Waals surface area contributed by atoms with Crippen molar-refractivity contribution in [1.29, 1.82) is 0 Å². The molecule has 0 unspecified atom stereocenters. The van der Waals surface area contributed by atoms with Crippen LogP contribution in [0.3, 0.4) is 0 Å². The van der Waals surface area contributed by atoms with Crippen molar-refractivity contribution < 1.29 is 5.11 Å². The van der Waals surface area contributed by atoms with Gasteiger partial charge in [-0.2, -0.15) is 5.10 Å². The Morgan fingerprint density at radius 2 is 1.84 bits per heavy atom. The lowest BCUT2D eigenvalue weighted by Crippen LogP contribution is -2.31. The van der Waals surface area contributed by atoms with E-state index in [2.05, 4.69) is 23.1 Å². The van der Waals surface area contributed by atoms with Gasteiger partial charge in [-0.05, 0) is 43.9 Å². The molecule has 4 aromatic rings. The first-order chi connectivity index (χ1) is 15.2. The lowest BCUT2D eigenvalue weighted by atomic mass is 10.1. The summed E-state index contributed by atoms with van der Waals surface area (Å²) in [5.74, 6) is 0.942. The first kappa shape index (κ1) is 20.0. The molecule has 1 saturated heterocycles. The third-order valence-corrected chi connectivity index (χ3v) is 6.34. The van der Waals surface area contributed by atoms with Crippen LogP contribution in [0.1, 0.15) is 25.0 Å². The summed E-state index contributed by atoms with van der Waals surface area (Å²) >= 11 is 6.13. The van der Waals surface area contributed by atoms with E-state index in [-0.39, 0.29) is 6.61 Å². The molecule has 1 fully saturated rings. The standard InChI is InChI=1S/C25H25ClN4O/c1-17-24(19-9-11-20(26)12-10-19)25-27-23(29-14-5-8-21(29)13-15-31)16-22(30(25)28-17)18-6-3-2-4-7-18/h2-4,6-7,9-12,16,21,31H,5,8,13-15H2,1H3/t21-/m1/s1. The molecule has 0 radical (unpaired) electrons. The Morgan fingerprint density at radius 3 is 2.58 bits per heavy atom. The maximum absolute atomic E-state index is 9.54. The third-order valence-electron chi connectivity index (χ3n) is 6.09. The van der Waals surface area contributed by atoms with E-state index in [0.717, 1.165) is 65.4 Å². The van der Waals surface area contributed by atoms with E-state index in [1.165, 1.54) is 0 Å². The number of nitrogens with zero attached hydrogens (tertiary/aromatic N) is 4. The van der Waals surface area contributed by atoms with Crippen molar-refractivity contribution in [2.45, 2.75) is 32.2 Å². The minimum Gasteiger partial charge on any atom is -0.396 e. The molecule has 0 saturated carbocycles. The molecule has 1 N–H and O–H groups in total. The minimum atomic E-state index is 0.191. The summed E-state index contributed by atoms with van der Waals surface area (Å²) in [5.41, 5.74) is 5.95. The van der Waals surface area contributed by atoms with Crippen molar-refractivity contribution in [3.05, 3.63) is 71.4 Å². The predicted molar refractivity (Wildman–Crippen MR) is 126 cm³/mol. The molecule has 6 heteroatoms. The number of benzene rings is 2. The largest absolute Gasteiger partial charge is 0.396 e. The molecular weight excluding hydrogens is 408 g/mol. The first-order valence-electron chi connectivity index (χ1n) is 10.7. The predicted octanol–water partition coefficient (Wildman–Crippen LogP) is 5.38. The van der Waals surface area contributed by atoms with Gasteiger partial charge in [0.25, 0.3) is 0 Å². The highest BCUT2D eigenvalue weighted by Crippen LogP contribution is 2.35. The van der Waals surface area contributed by atoms with Gasteiger partial charge in [0.05, 0.1) is 11.4 Å². The molecule has 3 heterocycles. The van der Waals surface area contributed by atoms with Crippen LogP contribution < -0.4 is 4.90 Å². The summed E-state index contributed by atoms with van der Waals surface area (Å²) in [6, 6.07) is 20.6. The van der Waals surface area contributed by atoms with Crippen LogP contribution in [0.4, 0.5) is 5.82 Å². The van der Waals surface area contributed by atoms with Gasteiger partial charge in [0, 0.05) is 41.4 Å². The highest BCUT2D eigenvalue weighted by Gasteiger charge is 2.27. The normalized spacial score (nSPS) is 16.4. The number of rotatable bonds is 5. The average molecular weight is 433 g/mol. The molecule has 1 aliphatic rings. The smallest absolute Gasteiger partial charge is 0.166 e. The number of aliphatic hydroxyl groups is 1. The number of anilines is 1. The van der Waals surface area contributed by atoms with Crippen LogP contribution in [0.15, 0.2) is 60.7 Å². The second-order valence-corrected chi connectivity index (χ2v) is 8.51. The molecule has 1 atom stereocenters. The molecule has 5 nitrogen and oxygen atoms in total. The molecule has 5 rings (SSSR count). The number of hydrogen-bond donors (Lipinski definition) is 1. The molecule has 0 spiro atoms. The highest BCUT2D eigenvalue weighted by molar-refractivity contribution is 6.30. The van der Waals surface area contributed by atoms with E-state index >= 15 is 0 Å². The summed E-state index contributed by atoms with van der Waals surface area (Å²) < 4.78 is 1.95. The van der Waals surface area contributed by atoms with Crippen molar-refractivity contribution in [2.24, 2.45) is 0 Å². The SMILES string of the molecule is Cc1nn2c(-c3ccccc3)cc(N3CCC[C@@H]3CCO)nc2c1-c1ccc(Cl)cc1. The minimum absolute atomic E-state index is 0.191. The molecule has 31 heavy (non-hydrogen) atoms. The Labute approximate surface area is 186 Å². The Morgan fingerprint density at radius 1 is 1.06 bits per heavy atom. The molecule has 1 aliphatic heterocycles. The maximum Gasteiger partial charge on any atom is 0.166 e. The van der Waals surface area contributed by atoms with Gasteiger partial charge in [-0.15, -0.1) is 0 Å². The average Bonchev–Trinajstić information content (AvgIpc) is 3.38. The molecule has 0 aliphatic carbocycles. The van der Waals surface area contributed by atoms with Crippen molar-refractivity contribution in [3.8, 4) is 22.4 Å². The molecule has 0 bridgehead atoms. The monoisotopic (exact) mass is 432 g/mol. The van der Waals surface area contributed by atoms with Crippen LogP contribution in [0.2, 0.25) is 5.02 Å². The number of halogens is 1. The van der Waals surface area contributed by atoms with Crippen molar-refractivity contribution in [2.75, 3.05) is 18.1 Å². The van der Waals surface area contributed by atoms with E-state index in [1.807, 2.05) is 53.9 Å².